The van der Waals surface area contributed by atoms with Crippen molar-refractivity contribution in [3.63, 3.8) is 0 Å². The van der Waals surface area contributed by atoms with Gasteiger partial charge in [0.05, 0.1) is 17.5 Å². The molecule has 1 aromatic carbocycles. The van der Waals surface area contributed by atoms with E-state index in [9.17, 15) is 9.90 Å². The van der Waals surface area contributed by atoms with Crippen molar-refractivity contribution in [2.24, 2.45) is 0 Å². The molecule has 0 saturated heterocycles. The molecule has 1 atom stereocenters. The van der Waals surface area contributed by atoms with E-state index in [1.54, 1.807) is 16.7 Å². The minimum atomic E-state index is -1.12. The first kappa shape index (κ1) is 12.9. The number of fused-ring (bicyclic) bond motifs is 1. The van der Waals surface area contributed by atoms with Crippen LogP contribution < -0.4 is 0 Å². The highest BCUT2D eigenvalue weighted by Crippen LogP contribution is 2.25. The summed E-state index contributed by atoms with van der Waals surface area (Å²) >= 11 is 5.88. The van der Waals surface area contributed by atoms with Crippen LogP contribution in [-0.4, -0.2) is 25.7 Å². The van der Waals surface area contributed by atoms with Crippen molar-refractivity contribution in [2.45, 2.75) is 26.0 Å². The van der Waals surface area contributed by atoms with E-state index in [1.165, 1.54) is 0 Å². The topological polar surface area (TPSA) is 75.4 Å². The fourth-order valence-electron chi connectivity index (χ4n) is 1.96. The number of rotatable bonds is 4. The van der Waals surface area contributed by atoms with Gasteiger partial charge in [0.15, 0.2) is 0 Å². The van der Waals surface area contributed by atoms with Crippen molar-refractivity contribution in [1.82, 2.24) is 9.55 Å². The molecule has 0 spiro atoms. The van der Waals surface area contributed by atoms with Crippen LogP contribution >= 0.6 is 11.6 Å². The van der Waals surface area contributed by atoms with Crippen molar-refractivity contribution >= 4 is 28.6 Å². The average Bonchev–Trinajstić information content (AvgIpc) is 2.65. The Balaban J connectivity index is 2.52. The minimum Gasteiger partial charge on any atom is -0.481 e. The Bertz CT molecular complexity index is 594. The number of imidazole rings is 1. The van der Waals surface area contributed by atoms with Crippen molar-refractivity contribution in [3.8, 4) is 0 Å². The van der Waals surface area contributed by atoms with Crippen LogP contribution in [0.4, 0.5) is 0 Å². The molecule has 2 N–H and O–H groups in total. The Morgan fingerprint density at radius 2 is 2.28 bits per heavy atom. The van der Waals surface area contributed by atoms with Crippen LogP contribution in [-0.2, 0) is 11.3 Å². The Hall–Kier alpha value is -1.59. The molecule has 5 nitrogen and oxygen atoms in total. The number of carboxylic acid groups (broad SMARTS) is 1. The van der Waals surface area contributed by atoms with Gasteiger partial charge in [0.25, 0.3) is 0 Å². The lowest BCUT2D eigenvalue weighted by Crippen LogP contribution is -2.11. The molecule has 18 heavy (non-hydrogen) atoms. The number of aliphatic hydroxyl groups excluding tert-OH is 1. The third kappa shape index (κ3) is 2.32. The largest absolute Gasteiger partial charge is 0.481 e. The number of nitrogens with zero attached hydrogens (tertiary/aromatic N) is 2. The molecule has 2 rings (SSSR count). The second-order valence-corrected chi connectivity index (χ2v) is 4.40. The summed E-state index contributed by atoms with van der Waals surface area (Å²) in [6, 6.07) is 5.25. The van der Waals surface area contributed by atoms with Gasteiger partial charge in [0.2, 0.25) is 0 Å². The third-order valence-electron chi connectivity index (χ3n) is 2.72. The third-order valence-corrected chi connectivity index (χ3v) is 2.96. The van der Waals surface area contributed by atoms with Gasteiger partial charge in [-0.15, -0.1) is 0 Å². The zero-order chi connectivity index (χ0) is 13.3. The molecule has 0 unspecified atom stereocenters. The fraction of sp³-hybridized carbons (Fsp3) is 0.333. The normalized spacial score (nSPS) is 12.8. The van der Waals surface area contributed by atoms with Crippen LogP contribution in [0.2, 0.25) is 5.02 Å². The van der Waals surface area contributed by atoms with E-state index in [1.807, 2.05) is 13.0 Å². The van der Waals surface area contributed by atoms with E-state index in [2.05, 4.69) is 4.98 Å². The number of aryl methyl sites for hydroxylation is 1. The predicted octanol–water partition coefficient (Wildman–Crippen LogP) is 2.22. The summed E-state index contributed by atoms with van der Waals surface area (Å²) in [6.07, 6.45) is -1.48. The van der Waals surface area contributed by atoms with Crippen LogP contribution in [0, 0.1) is 0 Å². The van der Waals surface area contributed by atoms with Gasteiger partial charge in [-0.05, 0) is 25.1 Å². The Morgan fingerprint density at radius 3 is 2.89 bits per heavy atom. The summed E-state index contributed by atoms with van der Waals surface area (Å²) in [5.41, 5.74) is 1.49. The first-order valence-corrected chi connectivity index (χ1v) is 5.96. The second-order valence-electron chi connectivity index (χ2n) is 3.96. The van der Waals surface area contributed by atoms with E-state index in [0.717, 1.165) is 5.52 Å². The van der Waals surface area contributed by atoms with E-state index < -0.39 is 12.1 Å². The number of carboxylic acids is 1. The summed E-state index contributed by atoms with van der Waals surface area (Å²) < 4.78 is 1.79. The highest BCUT2D eigenvalue weighted by molar-refractivity contribution is 6.31. The lowest BCUT2D eigenvalue weighted by atomic mass is 10.2. The molecular weight excluding hydrogens is 256 g/mol. The minimum absolute atomic E-state index is 0.358. The number of benzene rings is 1. The molecule has 0 aliphatic carbocycles. The fourth-order valence-corrected chi connectivity index (χ4v) is 2.13. The molecule has 0 fully saturated rings. The number of carbonyl (C=O) groups is 1. The lowest BCUT2D eigenvalue weighted by molar-refractivity contribution is -0.139. The van der Waals surface area contributed by atoms with Crippen LogP contribution in [0.1, 0.15) is 25.3 Å². The Labute approximate surface area is 109 Å². The number of aliphatic carboxylic acids is 1. The molecule has 0 saturated carbocycles. The highest BCUT2D eigenvalue weighted by atomic mass is 35.5. The van der Waals surface area contributed by atoms with Crippen molar-refractivity contribution in [2.75, 3.05) is 0 Å². The zero-order valence-corrected chi connectivity index (χ0v) is 10.6. The summed E-state index contributed by atoms with van der Waals surface area (Å²) in [6.45, 7) is 2.51. The van der Waals surface area contributed by atoms with E-state index in [0.29, 0.717) is 22.9 Å². The van der Waals surface area contributed by atoms with Crippen LogP contribution in [0.3, 0.4) is 0 Å². The van der Waals surface area contributed by atoms with Gasteiger partial charge >= 0.3 is 5.97 Å². The number of aliphatic hydroxyl groups is 1. The van der Waals surface area contributed by atoms with Gasteiger partial charge < -0.3 is 14.8 Å². The predicted molar refractivity (Wildman–Crippen MR) is 67.6 cm³/mol. The molecule has 0 bridgehead atoms. The summed E-state index contributed by atoms with van der Waals surface area (Å²) in [7, 11) is 0. The second kappa shape index (κ2) is 4.96. The first-order chi connectivity index (χ1) is 8.52. The molecule has 1 heterocycles. The summed E-state index contributed by atoms with van der Waals surface area (Å²) in [5.74, 6) is -0.701. The molecule has 0 radical (unpaired) electrons. The van der Waals surface area contributed by atoms with Gasteiger partial charge in [0, 0.05) is 11.6 Å². The van der Waals surface area contributed by atoms with Gasteiger partial charge in [0.1, 0.15) is 11.9 Å². The molecule has 0 aliphatic rings. The van der Waals surface area contributed by atoms with Crippen molar-refractivity contribution < 1.29 is 15.0 Å². The van der Waals surface area contributed by atoms with Crippen molar-refractivity contribution in [1.29, 1.82) is 0 Å². The molecule has 96 valence electrons. The Morgan fingerprint density at radius 1 is 1.56 bits per heavy atom. The van der Waals surface area contributed by atoms with E-state index in [-0.39, 0.29) is 6.42 Å². The summed E-state index contributed by atoms with van der Waals surface area (Å²) in [4.78, 5) is 14.9. The maximum atomic E-state index is 10.6. The van der Waals surface area contributed by atoms with Gasteiger partial charge in [-0.2, -0.15) is 0 Å². The Kier molecular flexibility index (Phi) is 3.54. The SMILES string of the molecule is CCn1c([C@@H](O)CC(=O)O)nc2cc(Cl)ccc21. The highest BCUT2D eigenvalue weighted by Gasteiger charge is 2.19. The summed E-state index contributed by atoms with van der Waals surface area (Å²) in [5, 5.41) is 19.1. The van der Waals surface area contributed by atoms with Crippen LogP contribution in [0.25, 0.3) is 11.0 Å². The molecule has 0 amide bonds. The van der Waals surface area contributed by atoms with Gasteiger partial charge in [-0.1, -0.05) is 11.6 Å². The maximum absolute atomic E-state index is 10.6. The monoisotopic (exact) mass is 268 g/mol. The van der Waals surface area contributed by atoms with Gasteiger partial charge in [-0.3, -0.25) is 4.79 Å². The molecule has 0 aliphatic heterocycles. The number of halogens is 1. The molecule has 1 aromatic heterocycles. The van der Waals surface area contributed by atoms with Gasteiger partial charge in [-0.25, -0.2) is 4.98 Å². The average molecular weight is 269 g/mol. The van der Waals surface area contributed by atoms with Crippen LogP contribution in [0.15, 0.2) is 18.2 Å². The molecular formula is C12H13ClN2O3. The smallest absolute Gasteiger partial charge is 0.306 e. The van der Waals surface area contributed by atoms with E-state index in [4.69, 9.17) is 16.7 Å². The number of hydrogen-bond donors (Lipinski definition) is 2. The number of hydrogen-bond acceptors (Lipinski definition) is 3. The van der Waals surface area contributed by atoms with Crippen molar-refractivity contribution in [3.05, 3.63) is 29.0 Å². The standard InChI is InChI=1S/C12H13ClN2O3/c1-2-15-9-4-3-7(13)5-8(9)14-12(15)10(16)6-11(17)18/h3-5,10,16H,2,6H2,1H3,(H,17,18)/t10-/m0/s1. The molecule has 2 aromatic rings. The number of aromatic nitrogens is 2. The maximum Gasteiger partial charge on any atom is 0.306 e. The quantitative estimate of drug-likeness (QED) is 0.891. The molecule has 6 heteroatoms. The van der Waals surface area contributed by atoms with E-state index >= 15 is 0 Å². The first-order valence-electron chi connectivity index (χ1n) is 5.58. The zero-order valence-electron chi connectivity index (χ0n) is 9.80. The van der Waals surface area contributed by atoms with Crippen LogP contribution in [0.5, 0.6) is 0 Å². The lowest BCUT2D eigenvalue weighted by Gasteiger charge is -2.10.